The van der Waals surface area contributed by atoms with E-state index in [1.54, 1.807) is 6.07 Å². The van der Waals surface area contributed by atoms with Crippen LogP contribution in [0.25, 0.3) is 16.8 Å². The van der Waals surface area contributed by atoms with Crippen molar-refractivity contribution in [3.63, 3.8) is 0 Å². The Kier molecular flexibility index (Phi) is 2.37. The van der Waals surface area contributed by atoms with E-state index in [1.165, 1.54) is 0 Å². The summed E-state index contributed by atoms with van der Waals surface area (Å²) in [6.45, 7) is 0. The van der Waals surface area contributed by atoms with E-state index in [2.05, 4.69) is 15.9 Å². The molecule has 0 amide bonds. The number of rotatable bonds is 2. The first kappa shape index (κ1) is 10.4. The average molecular weight is 290 g/mol. The molecule has 0 saturated carbocycles. The maximum absolute atomic E-state index is 10.7. The highest BCUT2D eigenvalue weighted by atomic mass is 79.9. The monoisotopic (exact) mass is 289 g/mol. The maximum atomic E-state index is 10.7. The van der Waals surface area contributed by atoms with Crippen molar-refractivity contribution in [1.29, 1.82) is 0 Å². The fraction of sp³-hybridized carbons (Fsp3) is 0. The number of fused-ring (bicyclic) bond motifs is 1. The molecule has 4 heteroatoms. The SMILES string of the molecule is O=Cc1cc(Br)c(-n2ccc3ccccc32)o1. The van der Waals surface area contributed by atoms with Gasteiger partial charge in [-0.3, -0.25) is 9.36 Å². The predicted octanol–water partition coefficient (Wildman–Crippen LogP) is 3.80. The van der Waals surface area contributed by atoms with Crippen LogP contribution in [0.3, 0.4) is 0 Å². The van der Waals surface area contributed by atoms with Gasteiger partial charge in [0, 0.05) is 17.6 Å². The summed E-state index contributed by atoms with van der Waals surface area (Å²) in [7, 11) is 0. The van der Waals surface area contributed by atoms with E-state index in [0.717, 1.165) is 15.4 Å². The largest absolute Gasteiger partial charge is 0.436 e. The van der Waals surface area contributed by atoms with Crippen molar-refractivity contribution in [2.24, 2.45) is 0 Å². The number of nitrogens with zero attached hydrogens (tertiary/aromatic N) is 1. The van der Waals surface area contributed by atoms with Crippen LogP contribution in [0.2, 0.25) is 0 Å². The number of carbonyl (C=O) groups is 1. The molecule has 0 radical (unpaired) electrons. The van der Waals surface area contributed by atoms with Gasteiger partial charge in [-0.25, -0.2) is 0 Å². The summed E-state index contributed by atoms with van der Waals surface area (Å²) in [6.07, 6.45) is 2.61. The Labute approximate surface area is 106 Å². The molecular weight excluding hydrogens is 282 g/mol. The van der Waals surface area contributed by atoms with Crippen LogP contribution in [-0.4, -0.2) is 10.9 Å². The number of hydrogen-bond donors (Lipinski definition) is 0. The van der Waals surface area contributed by atoms with Crippen LogP contribution in [-0.2, 0) is 0 Å². The number of furan rings is 1. The fourth-order valence-electron chi connectivity index (χ4n) is 1.86. The molecule has 0 aliphatic heterocycles. The van der Waals surface area contributed by atoms with E-state index in [-0.39, 0.29) is 0 Å². The van der Waals surface area contributed by atoms with Crippen LogP contribution in [0.4, 0.5) is 0 Å². The van der Waals surface area contributed by atoms with Crippen molar-refractivity contribution >= 4 is 33.1 Å². The van der Waals surface area contributed by atoms with E-state index in [4.69, 9.17) is 4.42 Å². The first-order valence-electron chi connectivity index (χ1n) is 5.10. The third-order valence-corrected chi connectivity index (χ3v) is 3.19. The molecule has 0 aliphatic rings. The van der Waals surface area contributed by atoms with Crippen molar-refractivity contribution in [2.45, 2.75) is 0 Å². The van der Waals surface area contributed by atoms with Crippen molar-refractivity contribution in [2.75, 3.05) is 0 Å². The number of aldehydes is 1. The third kappa shape index (κ3) is 1.61. The molecule has 2 aromatic heterocycles. The van der Waals surface area contributed by atoms with Gasteiger partial charge in [0.1, 0.15) is 0 Å². The lowest BCUT2D eigenvalue weighted by Crippen LogP contribution is -1.89. The maximum Gasteiger partial charge on any atom is 0.219 e. The summed E-state index contributed by atoms with van der Waals surface area (Å²) < 4.78 is 8.14. The highest BCUT2D eigenvalue weighted by Gasteiger charge is 2.12. The van der Waals surface area contributed by atoms with E-state index in [1.807, 2.05) is 41.1 Å². The molecule has 0 fully saturated rings. The molecule has 3 rings (SSSR count). The van der Waals surface area contributed by atoms with Crippen LogP contribution in [0.1, 0.15) is 10.6 Å². The molecule has 0 unspecified atom stereocenters. The highest BCUT2D eigenvalue weighted by Crippen LogP contribution is 2.28. The van der Waals surface area contributed by atoms with Gasteiger partial charge in [0.15, 0.2) is 12.0 Å². The number of carbonyl (C=O) groups excluding carboxylic acids is 1. The van der Waals surface area contributed by atoms with E-state index >= 15 is 0 Å². The second-order valence-corrected chi connectivity index (χ2v) is 4.52. The molecule has 0 N–H and O–H groups in total. The van der Waals surface area contributed by atoms with Gasteiger partial charge in [0.25, 0.3) is 0 Å². The van der Waals surface area contributed by atoms with Gasteiger partial charge >= 0.3 is 0 Å². The van der Waals surface area contributed by atoms with Crippen molar-refractivity contribution in [1.82, 2.24) is 4.57 Å². The molecule has 3 nitrogen and oxygen atoms in total. The summed E-state index contributed by atoms with van der Waals surface area (Å²) in [6, 6.07) is 11.7. The quantitative estimate of drug-likeness (QED) is 0.673. The molecule has 84 valence electrons. The molecule has 0 atom stereocenters. The number of hydrogen-bond acceptors (Lipinski definition) is 2. The number of halogens is 1. The molecule has 0 bridgehead atoms. The standard InChI is InChI=1S/C13H8BrNO2/c14-11-7-10(8-16)17-13(11)15-6-5-9-3-1-2-4-12(9)15/h1-8H. The van der Waals surface area contributed by atoms with Gasteiger partial charge in [0.2, 0.25) is 5.88 Å². The molecule has 0 spiro atoms. The Morgan fingerprint density at radius 3 is 2.82 bits per heavy atom. The van der Waals surface area contributed by atoms with E-state index in [9.17, 15) is 4.79 Å². The minimum Gasteiger partial charge on any atom is -0.436 e. The lowest BCUT2D eigenvalue weighted by Gasteiger charge is -2.01. The zero-order valence-electron chi connectivity index (χ0n) is 8.76. The second kappa shape index (κ2) is 3.89. The highest BCUT2D eigenvalue weighted by molar-refractivity contribution is 9.10. The van der Waals surface area contributed by atoms with Crippen LogP contribution in [0.15, 0.2) is 51.5 Å². The molecule has 0 aliphatic carbocycles. The fourth-order valence-corrected chi connectivity index (χ4v) is 2.36. The summed E-state index contributed by atoms with van der Waals surface area (Å²) in [4.78, 5) is 10.7. The minimum absolute atomic E-state index is 0.310. The van der Waals surface area contributed by atoms with Crippen LogP contribution >= 0.6 is 15.9 Å². The Hall–Kier alpha value is -1.81. The van der Waals surface area contributed by atoms with Gasteiger partial charge in [0.05, 0.1) is 9.99 Å². The van der Waals surface area contributed by atoms with E-state index < -0.39 is 0 Å². The Morgan fingerprint density at radius 1 is 1.24 bits per heavy atom. The van der Waals surface area contributed by atoms with Crippen LogP contribution in [0, 0.1) is 0 Å². The number of aromatic nitrogens is 1. The molecule has 1 aromatic carbocycles. The predicted molar refractivity (Wildman–Crippen MR) is 68.6 cm³/mol. The lowest BCUT2D eigenvalue weighted by atomic mass is 10.2. The molecule has 0 saturated heterocycles. The van der Waals surface area contributed by atoms with Crippen molar-refractivity contribution < 1.29 is 9.21 Å². The summed E-state index contributed by atoms with van der Waals surface area (Å²) >= 11 is 3.39. The molecular formula is C13H8BrNO2. The lowest BCUT2D eigenvalue weighted by molar-refractivity contribution is 0.110. The van der Waals surface area contributed by atoms with Crippen molar-refractivity contribution in [3.8, 4) is 5.88 Å². The summed E-state index contributed by atoms with van der Waals surface area (Å²) in [5, 5.41) is 1.13. The first-order valence-corrected chi connectivity index (χ1v) is 5.90. The summed E-state index contributed by atoms with van der Waals surface area (Å²) in [5.41, 5.74) is 1.04. The average Bonchev–Trinajstić information content (AvgIpc) is 2.92. The van der Waals surface area contributed by atoms with Gasteiger partial charge < -0.3 is 4.42 Å². The first-order chi connectivity index (χ1) is 8.29. The Bertz CT molecular complexity index is 696. The zero-order chi connectivity index (χ0) is 11.8. The number of para-hydroxylation sites is 1. The Morgan fingerprint density at radius 2 is 2.06 bits per heavy atom. The van der Waals surface area contributed by atoms with Crippen molar-refractivity contribution in [3.05, 3.63) is 52.8 Å². The van der Waals surface area contributed by atoms with Crippen LogP contribution in [0.5, 0.6) is 0 Å². The normalized spacial score (nSPS) is 10.9. The van der Waals surface area contributed by atoms with Gasteiger partial charge in [-0.1, -0.05) is 18.2 Å². The van der Waals surface area contributed by atoms with Gasteiger partial charge in [-0.2, -0.15) is 0 Å². The molecule has 3 aromatic rings. The van der Waals surface area contributed by atoms with Gasteiger partial charge in [-0.15, -0.1) is 0 Å². The molecule has 2 heterocycles. The summed E-state index contributed by atoms with van der Waals surface area (Å²) in [5.74, 6) is 0.929. The third-order valence-electron chi connectivity index (χ3n) is 2.62. The minimum atomic E-state index is 0.310. The zero-order valence-corrected chi connectivity index (χ0v) is 10.3. The van der Waals surface area contributed by atoms with Gasteiger partial charge in [-0.05, 0) is 28.1 Å². The van der Waals surface area contributed by atoms with Crippen LogP contribution < -0.4 is 0 Å². The Balaban J connectivity index is 2.26. The van der Waals surface area contributed by atoms with E-state index in [0.29, 0.717) is 17.9 Å². The molecule has 17 heavy (non-hydrogen) atoms. The second-order valence-electron chi connectivity index (χ2n) is 3.66. The smallest absolute Gasteiger partial charge is 0.219 e. The number of benzene rings is 1. The topological polar surface area (TPSA) is 35.1 Å².